The van der Waals surface area contributed by atoms with Gasteiger partial charge in [0, 0.05) is 24.8 Å². The van der Waals surface area contributed by atoms with Crippen molar-refractivity contribution in [1.29, 1.82) is 0 Å². The van der Waals surface area contributed by atoms with Crippen LogP contribution >= 0.6 is 0 Å². The molecule has 0 atom stereocenters. The van der Waals surface area contributed by atoms with Crippen LogP contribution in [0, 0.1) is 0 Å². The number of nitrogens with zero attached hydrogens (tertiary/aromatic N) is 4. The second-order valence-corrected chi connectivity index (χ2v) is 11.6. The average molecular weight is 805 g/mol. The number of aromatic hydroxyl groups is 8. The number of para-hydroxylation sites is 8. The summed E-state index contributed by atoms with van der Waals surface area (Å²) in [4.78, 5) is 16.7. The van der Waals surface area contributed by atoms with Crippen LogP contribution in [0.15, 0.2) is 195 Å². The zero-order valence-corrected chi connectivity index (χ0v) is 32.2. The van der Waals surface area contributed by atoms with E-state index in [1.165, 1.54) is 48.5 Å². The minimum atomic E-state index is -0.0764. The van der Waals surface area contributed by atoms with Gasteiger partial charge in [0.05, 0.1) is 22.8 Å². The molecule has 12 heteroatoms. The third kappa shape index (κ3) is 19.3. The Balaban J connectivity index is 0.000000196. The lowest BCUT2D eigenvalue weighted by Gasteiger charge is -1.91. The molecule has 0 aliphatic rings. The summed E-state index contributed by atoms with van der Waals surface area (Å²) in [5.74, 6) is -0.611. The Morgan fingerprint density at radius 1 is 0.217 bits per heavy atom. The average Bonchev–Trinajstić information content (AvgIpc) is 3.29. The summed E-state index contributed by atoms with van der Waals surface area (Å²) in [5, 5.41) is 69.4. The fraction of sp³-hybridized carbons (Fsp3) is 0. The predicted molar refractivity (Wildman–Crippen MR) is 234 cm³/mol. The molecule has 0 radical (unpaired) electrons. The predicted octanol–water partition coefficient (Wildman–Crippen LogP) is 9.69. The van der Waals surface area contributed by atoms with E-state index in [1.54, 1.807) is 73.3 Å². The Morgan fingerprint density at radius 3 is 0.483 bits per heavy atom. The minimum absolute atomic E-state index is 0.0764. The van der Waals surface area contributed by atoms with E-state index in [0.717, 1.165) is 22.8 Å². The molecular formula is C48H44N4O8. The quantitative estimate of drug-likeness (QED) is 0.0781. The molecule has 8 N–H and O–H groups in total. The Kier molecular flexibility index (Phi) is 20.6. The maximum atomic E-state index is 8.67. The van der Waals surface area contributed by atoms with Crippen LogP contribution in [0.4, 0.5) is 0 Å². The summed E-state index contributed by atoms with van der Waals surface area (Å²) >= 11 is 0. The molecule has 0 aliphatic heterocycles. The molecule has 0 fully saturated rings. The molecule has 0 saturated carbocycles. The third-order valence-electron chi connectivity index (χ3n) is 7.13. The monoisotopic (exact) mass is 804 g/mol. The normalized spacial score (nSPS) is 9.73. The van der Waals surface area contributed by atoms with Crippen molar-refractivity contribution in [3.05, 3.63) is 217 Å². The topological polar surface area (TPSA) is 213 Å². The molecule has 0 saturated heterocycles. The van der Waals surface area contributed by atoms with Crippen molar-refractivity contribution in [2.75, 3.05) is 0 Å². The molecular weight excluding hydrogens is 761 g/mol. The van der Waals surface area contributed by atoms with Crippen molar-refractivity contribution in [3.8, 4) is 46.0 Å². The van der Waals surface area contributed by atoms with E-state index in [9.17, 15) is 0 Å². The van der Waals surface area contributed by atoms with E-state index in [4.69, 9.17) is 40.9 Å². The second-order valence-electron chi connectivity index (χ2n) is 11.6. The zero-order valence-electron chi connectivity index (χ0n) is 32.2. The largest absolute Gasteiger partial charge is 0.504 e. The molecule has 0 aliphatic carbocycles. The van der Waals surface area contributed by atoms with Crippen molar-refractivity contribution in [2.45, 2.75) is 0 Å². The first-order valence-corrected chi connectivity index (χ1v) is 18.0. The number of aromatic nitrogens is 4. The molecule has 60 heavy (non-hydrogen) atoms. The maximum Gasteiger partial charge on any atom is 0.157 e. The van der Waals surface area contributed by atoms with Crippen LogP contribution in [0.5, 0.6) is 46.0 Å². The summed E-state index contributed by atoms with van der Waals surface area (Å²) in [5.41, 5.74) is 3.77. The number of hydrogen-bond acceptors (Lipinski definition) is 12. The van der Waals surface area contributed by atoms with Crippen molar-refractivity contribution in [1.82, 2.24) is 19.9 Å². The van der Waals surface area contributed by atoms with Gasteiger partial charge in [-0.2, -0.15) is 0 Å². The van der Waals surface area contributed by atoms with Crippen LogP contribution in [0.25, 0.3) is 24.3 Å². The lowest BCUT2D eigenvalue weighted by molar-refractivity contribution is 0.404. The summed E-state index contributed by atoms with van der Waals surface area (Å²) in [6.07, 6.45) is 14.9. The highest BCUT2D eigenvalue weighted by molar-refractivity contribution is 5.66. The molecule has 304 valence electrons. The third-order valence-corrected chi connectivity index (χ3v) is 7.13. The molecule has 8 aromatic rings. The Bertz CT molecular complexity index is 2000. The first kappa shape index (κ1) is 45.7. The van der Waals surface area contributed by atoms with Gasteiger partial charge < -0.3 is 40.9 Å². The molecule has 0 spiro atoms. The number of pyridine rings is 4. The summed E-state index contributed by atoms with van der Waals surface area (Å²) in [6.45, 7) is 0. The maximum absolute atomic E-state index is 8.67. The van der Waals surface area contributed by atoms with Crippen LogP contribution in [0.1, 0.15) is 22.8 Å². The lowest BCUT2D eigenvalue weighted by Crippen LogP contribution is -1.79. The summed E-state index contributed by atoms with van der Waals surface area (Å²) < 4.78 is 0. The number of hydrogen-bond donors (Lipinski definition) is 8. The van der Waals surface area contributed by atoms with Crippen LogP contribution < -0.4 is 0 Å². The van der Waals surface area contributed by atoms with Gasteiger partial charge in [0.2, 0.25) is 0 Å². The standard InChI is InChI=1S/2C12H10N2.4C6H6O2/c2*1-3-9-13-11(5-1)7-8-12-6-2-4-10-14-12;4*7-5-3-1-2-4-6(5)8/h2*1-10H;4*1-4,7-8H/b2*8-7+;;;;. The molecule has 0 bridgehead atoms. The molecule has 0 unspecified atom stereocenters. The van der Waals surface area contributed by atoms with Crippen LogP contribution in [-0.4, -0.2) is 60.8 Å². The first-order chi connectivity index (χ1) is 29.1. The SMILES string of the molecule is C(=C\c1ccccn1)/c1ccccn1.C(=C\c1ccccn1)/c1ccccn1.Oc1ccccc1O.Oc1ccccc1O.Oc1ccccc1O.Oc1ccccc1O. The highest BCUT2D eigenvalue weighted by Crippen LogP contribution is 2.23. The van der Waals surface area contributed by atoms with E-state index in [0.29, 0.717) is 0 Å². The fourth-order valence-electron chi connectivity index (χ4n) is 4.10. The van der Waals surface area contributed by atoms with Gasteiger partial charge in [0.1, 0.15) is 0 Å². The van der Waals surface area contributed by atoms with Crippen molar-refractivity contribution < 1.29 is 40.9 Å². The smallest absolute Gasteiger partial charge is 0.157 e. The van der Waals surface area contributed by atoms with E-state index in [1.807, 2.05) is 97.1 Å². The lowest BCUT2D eigenvalue weighted by atomic mass is 10.3. The van der Waals surface area contributed by atoms with Gasteiger partial charge in [0.25, 0.3) is 0 Å². The number of rotatable bonds is 4. The van der Waals surface area contributed by atoms with E-state index in [2.05, 4.69) is 19.9 Å². The van der Waals surface area contributed by atoms with Gasteiger partial charge in [-0.15, -0.1) is 0 Å². The van der Waals surface area contributed by atoms with Crippen molar-refractivity contribution in [3.63, 3.8) is 0 Å². The molecule has 4 aromatic heterocycles. The molecule has 12 nitrogen and oxygen atoms in total. The van der Waals surface area contributed by atoms with Crippen molar-refractivity contribution in [2.24, 2.45) is 0 Å². The van der Waals surface area contributed by atoms with Gasteiger partial charge >= 0.3 is 0 Å². The molecule has 4 heterocycles. The second kappa shape index (κ2) is 27.0. The van der Waals surface area contributed by atoms with Crippen LogP contribution in [-0.2, 0) is 0 Å². The zero-order chi connectivity index (χ0) is 43.2. The fourth-order valence-corrected chi connectivity index (χ4v) is 4.10. The number of phenolic OH excluding ortho intramolecular Hbond substituents is 8. The van der Waals surface area contributed by atoms with Gasteiger partial charge in [-0.25, -0.2) is 0 Å². The van der Waals surface area contributed by atoms with Gasteiger partial charge in [-0.05, 0) is 121 Å². The Hall–Kier alpha value is -8.64. The molecule has 0 amide bonds. The van der Waals surface area contributed by atoms with Crippen LogP contribution in [0.2, 0.25) is 0 Å². The minimum Gasteiger partial charge on any atom is -0.504 e. The van der Waals surface area contributed by atoms with Crippen LogP contribution in [0.3, 0.4) is 0 Å². The molecule has 4 aromatic carbocycles. The number of phenols is 8. The van der Waals surface area contributed by atoms with E-state index < -0.39 is 0 Å². The van der Waals surface area contributed by atoms with E-state index in [-0.39, 0.29) is 46.0 Å². The highest BCUT2D eigenvalue weighted by Gasteiger charge is 1.93. The van der Waals surface area contributed by atoms with E-state index >= 15 is 0 Å². The summed E-state index contributed by atoms with van der Waals surface area (Å²) in [6, 6.07) is 47.9. The Labute approximate surface area is 347 Å². The Morgan fingerprint density at radius 2 is 0.367 bits per heavy atom. The number of benzene rings is 4. The first-order valence-electron chi connectivity index (χ1n) is 18.0. The molecule has 8 rings (SSSR count). The van der Waals surface area contributed by atoms with Crippen molar-refractivity contribution >= 4 is 24.3 Å². The highest BCUT2D eigenvalue weighted by atomic mass is 16.3. The van der Waals surface area contributed by atoms with Gasteiger partial charge in [-0.1, -0.05) is 72.8 Å². The van der Waals surface area contributed by atoms with Gasteiger partial charge in [0.15, 0.2) is 46.0 Å². The summed E-state index contributed by atoms with van der Waals surface area (Å²) in [7, 11) is 0. The van der Waals surface area contributed by atoms with Gasteiger partial charge in [-0.3, -0.25) is 19.9 Å².